The Labute approximate surface area is 215 Å². The Balaban J connectivity index is 1.46. The quantitative estimate of drug-likeness (QED) is 0.363. The predicted molar refractivity (Wildman–Crippen MR) is 139 cm³/mol. The highest BCUT2D eigenvalue weighted by Gasteiger charge is 2.29. The molecule has 2 heterocycles. The number of likely N-dealkylation sites (tertiary alicyclic amines) is 1. The SMILES string of the molecule is CCN1CCC(CNc2nc(-c3ccc(OCc4ccccc4)cc3)nc(C(Cl)(Cl)Cl)n2)CC1. The second-order valence-electron chi connectivity index (χ2n) is 8.36. The summed E-state index contributed by atoms with van der Waals surface area (Å²) in [6, 6.07) is 17.6. The van der Waals surface area contributed by atoms with E-state index < -0.39 is 3.79 Å². The standard InChI is InChI=1S/C25H28Cl3N5O/c1-2-33-14-12-18(13-15-33)16-29-24-31-22(30-23(32-24)25(26,27)28)20-8-10-21(11-9-20)34-17-19-6-4-3-5-7-19/h3-11,18H,2,12-17H2,1H3,(H,29,30,31,32). The minimum atomic E-state index is -1.75. The molecule has 3 aromatic rings. The molecule has 1 N–H and O–H groups in total. The molecule has 1 aromatic heterocycles. The molecule has 34 heavy (non-hydrogen) atoms. The van der Waals surface area contributed by atoms with Crippen LogP contribution < -0.4 is 10.1 Å². The number of halogens is 3. The van der Waals surface area contributed by atoms with Crippen LogP contribution in [0.25, 0.3) is 11.4 Å². The number of hydrogen-bond acceptors (Lipinski definition) is 6. The number of alkyl halides is 3. The van der Waals surface area contributed by atoms with Crippen LogP contribution in [0.1, 0.15) is 31.2 Å². The van der Waals surface area contributed by atoms with Crippen molar-refractivity contribution in [2.75, 3.05) is 31.5 Å². The van der Waals surface area contributed by atoms with Crippen LogP contribution in [-0.4, -0.2) is 46.0 Å². The molecule has 0 atom stereocenters. The molecule has 6 nitrogen and oxygen atoms in total. The number of ether oxygens (including phenoxy) is 1. The molecule has 0 aliphatic carbocycles. The topological polar surface area (TPSA) is 63.2 Å². The maximum atomic E-state index is 6.12. The van der Waals surface area contributed by atoms with Gasteiger partial charge in [0.15, 0.2) is 11.6 Å². The highest BCUT2D eigenvalue weighted by molar-refractivity contribution is 6.66. The van der Waals surface area contributed by atoms with E-state index in [0.29, 0.717) is 24.3 Å². The monoisotopic (exact) mass is 519 g/mol. The van der Waals surface area contributed by atoms with E-state index in [9.17, 15) is 0 Å². The summed E-state index contributed by atoms with van der Waals surface area (Å²) >= 11 is 18.4. The van der Waals surface area contributed by atoms with Crippen molar-refractivity contribution in [2.24, 2.45) is 5.92 Å². The van der Waals surface area contributed by atoms with Crippen molar-refractivity contribution in [3.8, 4) is 17.1 Å². The molecule has 1 aliphatic heterocycles. The number of rotatable bonds is 8. The van der Waals surface area contributed by atoms with Crippen LogP contribution in [0.15, 0.2) is 54.6 Å². The molecule has 0 spiro atoms. The Morgan fingerprint density at radius 2 is 1.68 bits per heavy atom. The number of anilines is 1. The molecule has 1 saturated heterocycles. The van der Waals surface area contributed by atoms with Crippen molar-refractivity contribution < 1.29 is 4.74 Å². The van der Waals surface area contributed by atoms with Gasteiger partial charge in [-0.05, 0) is 68.2 Å². The van der Waals surface area contributed by atoms with Gasteiger partial charge < -0.3 is 15.0 Å². The van der Waals surface area contributed by atoms with E-state index in [4.69, 9.17) is 39.5 Å². The summed E-state index contributed by atoms with van der Waals surface area (Å²) in [5.74, 6) is 2.25. The molecular weight excluding hydrogens is 493 g/mol. The third-order valence-corrected chi connectivity index (χ3v) is 6.46. The summed E-state index contributed by atoms with van der Waals surface area (Å²) in [5, 5.41) is 3.34. The second-order valence-corrected chi connectivity index (χ2v) is 10.6. The van der Waals surface area contributed by atoms with Gasteiger partial charge in [-0.1, -0.05) is 72.1 Å². The smallest absolute Gasteiger partial charge is 0.250 e. The normalized spacial score (nSPS) is 15.3. The van der Waals surface area contributed by atoms with Crippen molar-refractivity contribution in [2.45, 2.75) is 30.2 Å². The predicted octanol–water partition coefficient (Wildman–Crippen LogP) is 6.09. The number of hydrogen-bond donors (Lipinski definition) is 1. The molecule has 0 amide bonds. The number of piperidine rings is 1. The van der Waals surface area contributed by atoms with E-state index in [-0.39, 0.29) is 5.82 Å². The highest BCUT2D eigenvalue weighted by atomic mass is 35.6. The summed E-state index contributed by atoms with van der Waals surface area (Å²) in [6.07, 6.45) is 2.28. The van der Waals surface area contributed by atoms with Gasteiger partial charge >= 0.3 is 0 Å². The lowest BCUT2D eigenvalue weighted by Gasteiger charge is -2.31. The molecule has 0 radical (unpaired) electrons. The van der Waals surface area contributed by atoms with Crippen molar-refractivity contribution in [3.05, 3.63) is 66.0 Å². The number of nitrogens with one attached hydrogen (secondary N) is 1. The fourth-order valence-electron chi connectivity index (χ4n) is 3.89. The van der Waals surface area contributed by atoms with Crippen LogP contribution >= 0.6 is 34.8 Å². The van der Waals surface area contributed by atoms with E-state index in [1.807, 2.05) is 54.6 Å². The summed E-state index contributed by atoms with van der Waals surface area (Å²) in [5.41, 5.74) is 1.89. The maximum Gasteiger partial charge on any atom is 0.250 e. The van der Waals surface area contributed by atoms with Gasteiger partial charge in [-0.2, -0.15) is 9.97 Å². The molecule has 1 fully saturated rings. The number of nitrogens with zero attached hydrogens (tertiary/aromatic N) is 4. The lowest BCUT2D eigenvalue weighted by molar-refractivity contribution is 0.198. The van der Waals surface area contributed by atoms with E-state index in [0.717, 1.165) is 55.9 Å². The lowest BCUT2D eigenvalue weighted by Crippen LogP contribution is -2.35. The molecule has 0 unspecified atom stereocenters. The van der Waals surface area contributed by atoms with Gasteiger partial charge in [0, 0.05) is 12.1 Å². The van der Waals surface area contributed by atoms with Crippen LogP contribution in [0.3, 0.4) is 0 Å². The van der Waals surface area contributed by atoms with Crippen LogP contribution in [0.4, 0.5) is 5.95 Å². The minimum Gasteiger partial charge on any atom is -0.489 e. The molecule has 9 heteroatoms. The Kier molecular flexibility index (Phi) is 8.48. The first-order valence-electron chi connectivity index (χ1n) is 11.5. The minimum absolute atomic E-state index is 0.0928. The zero-order valence-electron chi connectivity index (χ0n) is 19.1. The summed E-state index contributed by atoms with van der Waals surface area (Å²) in [7, 11) is 0. The third-order valence-electron chi connectivity index (χ3n) is 5.95. The van der Waals surface area contributed by atoms with Gasteiger partial charge in [-0.3, -0.25) is 0 Å². The van der Waals surface area contributed by atoms with E-state index in [2.05, 4.69) is 32.1 Å². The Morgan fingerprint density at radius 3 is 2.32 bits per heavy atom. The van der Waals surface area contributed by atoms with Gasteiger partial charge in [0.05, 0.1) is 0 Å². The van der Waals surface area contributed by atoms with Crippen LogP contribution in [0.5, 0.6) is 5.75 Å². The van der Waals surface area contributed by atoms with Gasteiger partial charge in [-0.25, -0.2) is 4.98 Å². The number of aromatic nitrogens is 3. The molecule has 2 aromatic carbocycles. The summed E-state index contributed by atoms with van der Waals surface area (Å²) in [4.78, 5) is 15.8. The van der Waals surface area contributed by atoms with E-state index in [1.54, 1.807) is 0 Å². The largest absolute Gasteiger partial charge is 0.489 e. The fraction of sp³-hybridized carbons (Fsp3) is 0.400. The highest BCUT2D eigenvalue weighted by Crippen LogP contribution is 2.37. The van der Waals surface area contributed by atoms with Crippen LogP contribution in [0.2, 0.25) is 0 Å². The Bertz CT molecular complexity index is 1050. The molecular formula is C25H28Cl3N5O. The lowest BCUT2D eigenvalue weighted by atomic mass is 9.97. The van der Waals surface area contributed by atoms with Crippen molar-refractivity contribution in [1.82, 2.24) is 19.9 Å². The molecule has 0 saturated carbocycles. The fourth-order valence-corrected chi connectivity index (χ4v) is 4.15. The van der Waals surface area contributed by atoms with Crippen molar-refractivity contribution in [1.29, 1.82) is 0 Å². The Morgan fingerprint density at radius 1 is 0.971 bits per heavy atom. The average molecular weight is 521 g/mol. The van der Waals surface area contributed by atoms with Crippen LogP contribution in [0, 0.1) is 5.92 Å². The van der Waals surface area contributed by atoms with E-state index in [1.165, 1.54) is 0 Å². The van der Waals surface area contributed by atoms with Crippen LogP contribution in [-0.2, 0) is 10.4 Å². The summed E-state index contributed by atoms with van der Waals surface area (Å²) < 4.78 is 4.12. The third kappa shape index (κ3) is 6.95. The molecule has 4 rings (SSSR count). The first kappa shape index (κ1) is 25.0. The van der Waals surface area contributed by atoms with Gasteiger partial charge in [-0.15, -0.1) is 0 Å². The summed E-state index contributed by atoms with van der Waals surface area (Å²) in [6.45, 7) is 6.79. The zero-order valence-corrected chi connectivity index (χ0v) is 21.3. The maximum absolute atomic E-state index is 6.12. The molecule has 1 aliphatic rings. The van der Waals surface area contributed by atoms with Crippen molar-refractivity contribution >= 4 is 40.8 Å². The van der Waals surface area contributed by atoms with Gasteiger partial charge in [0.1, 0.15) is 12.4 Å². The van der Waals surface area contributed by atoms with E-state index >= 15 is 0 Å². The first-order valence-corrected chi connectivity index (χ1v) is 12.6. The zero-order chi connectivity index (χ0) is 24.0. The second kappa shape index (κ2) is 11.5. The number of benzene rings is 2. The average Bonchev–Trinajstić information content (AvgIpc) is 2.87. The van der Waals surface area contributed by atoms with Gasteiger partial charge in [0.25, 0.3) is 0 Å². The molecule has 0 bridgehead atoms. The molecule has 180 valence electrons. The van der Waals surface area contributed by atoms with Crippen molar-refractivity contribution in [3.63, 3.8) is 0 Å². The first-order chi connectivity index (χ1) is 16.4. The Hall–Kier alpha value is -2.12. The van der Waals surface area contributed by atoms with Gasteiger partial charge in [0.2, 0.25) is 9.74 Å².